The molecule has 0 radical (unpaired) electrons. The van der Waals surface area contributed by atoms with Crippen LogP contribution in [0.1, 0.15) is 69.7 Å². The molecule has 0 unspecified atom stereocenters. The van der Waals surface area contributed by atoms with Crippen molar-refractivity contribution in [2.45, 2.75) is 64.0 Å². The minimum atomic E-state index is -0.653. The Hall–Kier alpha value is -5.57. The van der Waals surface area contributed by atoms with Gasteiger partial charge in [0.2, 0.25) is 0 Å². The molecule has 0 bridgehead atoms. The van der Waals surface area contributed by atoms with Gasteiger partial charge in [0.05, 0.1) is 5.54 Å². The van der Waals surface area contributed by atoms with Crippen LogP contribution >= 0.6 is 0 Å². The van der Waals surface area contributed by atoms with Gasteiger partial charge in [-0.1, -0.05) is 153 Å². The summed E-state index contributed by atoms with van der Waals surface area (Å²) >= 11 is 0. The molecule has 0 saturated carbocycles. The van der Waals surface area contributed by atoms with Gasteiger partial charge in [-0.2, -0.15) is 0 Å². The van der Waals surface area contributed by atoms with E-state index in [0.29, 0.717) is 5.90 Å². The van der Waals surface area contributed by atoms with Crippen molar-refractivity contribution in [3.8, 4) is 28.1 Å². The summed E-state index contributed by atoms with van der Waals surface area (Å²) in [6.07, 6.45) is 1.91. The van der Waals surface area contributed by atoms with E-state index in [1.54, 1.807) is 0 Å². The smallest absolute Gasteiger partial charge is 0.512 e. The number of rotatable bonds is 7. The fourth-order valence-electron chi connectivity index (χ4n) is 8.30. The second-order valence-electron chi connectivity index (χ2n) is 16.6. The monoisotopic (exact) mass is 922 g/mol. The van der Waals surface area contributed by atoms with Gasteiger partial charge in [0.1, 0.15) is 11.5 Å². The summed E-state index contributed by atoms with van der Waals surface area (Å²) in [6, 6.07) is 61.2. The van der Waals surface area contributed by atoms with E-state index in [9.17, 15) is 0 Å². The molecule has 1 aliphatic heterocycles. The molecular weight excluding hydrogens is 878 g/mol. The number of pyridine rings is 1. The van der Waals surface area contributed by atoms with E-state index < -0.39 is 11.1 Å². The first-order valence-corrected chi connectivity index (χ1v) is 19.4. The number of ether oxygens (including phenoxy) is 1. The Morgan fingerprint density at radius 2 is 1.26 bits per heavy atom. The molecule has 0 aliphatic carbocycles. The Labute approximate surface area is 350 Å². The third-order valence-electron chi connectivity index (χ3n) is 11.7. The van der Waals surface area contributed by atoms with Crippen LogP contribution in [0.15, 0.2) is 163 Å². The SMILES string of the molecule is CC(C)(C)c1ccnc(-c2[c-]c3c(cc2)c2ccccc2n3-c2[c-]c(C3=N[C@](C)(C(c4ccccc4)c4ccccc4)C(C)(C)O3)cc(-c3ccccc3)c2)c1.[Pt+2]. The number of aliphatic imine (C=N–C) groups is 1. The van der Waals surface area contributed by atoms with Crippen LogP contribution in [-0.4, -0.2) is 26.6 Å². The van der Waals surface area contributed by atoms with Gasteiger partial charge in [-0.25, -0.2) is 0 Å². The minimum Gasteiger partial charge on any atom is -0.512 e. The van der Waals surface area contributed by atoms with E-state index >= 15 is 0 Å². The molecule has 0 amide bonds. The number of fused-ring (bicyclic) bond motifs is 3. The average Bonchev–Trinajstić information content (AvgIpc) is 3.68. The molecule has 0 N–H and O–H groups in total. The molecule has 1 atom stereocenters. The molecule has 6 aromatic carbocycles. The van der Waals surface area contributed by atoms with Crippen molar-refractivity contribution >= 4 is 27.7 Å². The van der Waals surface area contributed by atoms with Gasteiger partial charge in [-0.3, -0.25) is 4.99 Å². The third kappa shape index (κ3) is 6.85. The molecule has 57 heavy (non-hydrogen) atoms. The van der Waals surface area contributed by atoms with Crippen molar-refractivity contribution in [3.63, 3.8) is 0 Å². The molecule has 0 spiro atoms. The Bertz CT molecular complexity index is 2710. The topological polar surface area (TPSA) is 39.4 Å². The van der Waals surface area contributed by atoms with Gasteiger partial charge in [0.25, 0.3) is 0 Å². The summed E-state index contributed by atoms with van der Waals surface area (Å²) in [5.74, 6) is 0.534. The molecule has 0 saturated heterocycles. The number of benzene rings is 6. The van der Waals surface area contributed by atoms with Gasteiger partial charge >= 0.3 is 21.1 Å². The van der Waals surface area contributed by atoms with Gasteiger partial charge in [-0.05, 0) is 82.9 Å². The summed E-state index contributed by atoms with van der Waals surface area (Å²) in [6.45, 7) is 13.3. The number of nitrogens with zero attached hydrogens (tertiary/aromatic N) is 3. The molecular formula is C52H45N3OPt. The summed E-state index contributed by atoms with van der Waals surface area (Å²) in [7, 11) is 0. The first-order chi connectivity index (χ1) is 27.0. The van der Waals surface area contributed by atoms with Gasteiger partial charge in [0, 0.05) is 17.6 Å². The van der Waals surface area contributed by atoms with Crippen molar-refractivity contribution < 1.29 is 25.8 Å². The molecule has 1 aliphatic rings. The van der Waals surface area contributed by atoms with E-state index in [1.807, 2.05) is 6.20 Å². The molecule has 5 heteroatoms. The fourth-order valence-corrected chi connectivity index (χ4v) is 8.30. The normalized spacial score (nSPS) is 16.4. The fraction of sp³-hybridized carbons (Fsp3) is 0.192. The predicted molar refractivity (Wildman–Crippen MR) is 231 cm³/mol. The molecule has 284 valence electrons. The first kappa shape index (κ1) is 38.3. The second kappa shape index (κ2) is 14.7. The van der Waals surface area contributed by atoms with Crippen LogP contribution in [0.2, 0.25) is 0 Å². The van der Waals surface area contributed by atoms with Crippen LogP contribution in [0.3, 0.4) is 0 Å². The zero-order chi connectivity index (χ0) is 38.7. The molecule has 3 heterocycles. The quantitative estimate of drug-likeness (QED) is 0.149. The van der Waals surface area contributed by atoms with E-state index in [1.165, 1.54) is 16.7 Å². The Morgan fingerprint density at radius 3 is 1.93 bits per heavy atom. The van der Waals surface area contributed by atoms with E-state index in [0.717, 1.165) is 55.4 Å². The van der Waals surface area contributed by atoms with Crippen molar-refractivity contribution in [2.75, 3.05) is 0 Å². The Kier molecular flexibility index (Phi) is 9.91. The Morgan fingerprint density at radius 1 is 0.632 bits per heavy atom. The molecule has 0 fully saturated rings. The summed E-state index contributed by atoms with van der Waals surface area (Å²) in [5, 5.41) is 2.27. The summed E-state index contributed by atoms with van der Waals surface area (Å²) in [5.41, 5.74) is 10.1. The average molecular weight is 923 g/mol. The molecule has 9 rings (SSSR count). The number of aromatic nitrogens is 2. The zero-order valence-corrected chi connectivity index (χ0v) is 35.4. The maximum atomic E-state index is 7.02. The largest absolute Gasteiger partial charge is 2.00 e. The van der Waals surface area contributed by atoms with E-state index in [-0.39, 0.29) is 32.4 Å². The predicted octanol–water partition coefficient (Wildman–Crippen LogP) is 12.6. The molecule has 2 aromatic heterocycles. The molecule has 8 aromatic rings. The van der Waals surface area contributed by atoms with Crippen molar-refractivity contribution in [2.24, 2.45) is 4.99 Å². The van der Waals surface area contributed by atoms with Crippen LogP contribution in [0, 0.1) is 12.1 Å². The summed E-state index contributed by atoms with van der Waals surface area (Å²) in [4.78, 5) is 10.4. The van der Waals surface area contributed by atoms with Crippen LogP contribution in [0.4, 0.5) is 0 Å². The van der Waals surface area contributed by atoms with Crippen LogP contribution in [0.5, 0.6) is 0 Å². The third-order valence-corrected chi connectivity index (χ3v) is 11.7. The first-order valence-electron chi connectivity index (χ1n) is 19.4. The van der Waals surface area contributed by atoms with E-state index in [4.69, 9.17) is 14.7 Å². The minimum absolute atomic E-state index is 0. The van der Waals surface area contributed by atoms with Crippen molar-refractivity contribution in [3.05, 3.63) is 192 Å². The van der Waals surface area contributed by atoms with E-state index in [2.05, 4.69) is 210 Å². The van der Waals surface area contributed by atoms with Gasteiger partial charge in [-0.15, -0.1) is 42.0 Å². The van der Waals surface area contributed by atoms with Crippen molar-refractivity contribution in [1.29, 1.82) is 0 Å². The van der Waals surface area contributed by atoms with Gasteiger partial charge in [0.15, 0.2) is 0 Å². The van der Waals surface area contributed by atoms with Crippen molar-refractivity contribution in [1.82, 2.24) is 9.55 Å². The number of para-hydroxylation sites is 1. The van der Waals surface area contributed by atoms with Crippen LogP contribution in [-0.2, 0) is 31.2 Å². The second-order valence-corrected chi connectivity index (χ2v) is 16.6. The number of hydrogen-bond acceptors (Lipinski definition) is 3. The molecule has 4 nitrogen and oxygen atoms in total. The summed E-state index contributed by atoms with van der Waals surface area (Å²) < 4.78 is 9.31. The van der Waals surface area contributed by atoms with Crippen LogP contribution in [0.25, 0.3) is 49.9 Å². The van der Waals surface area contributed by atoms with Gasteiger partial charge < -0.3 is 14.3 Å². The standard InChI is InChI=1S/C52H45N3O.Pt/c1-50(2,3)41-28-29-53-45(34-41)38-26-27-44-43-24-16-17-25-46(43)55(47(44)33-38)42-31-39(35-18-10-7-11-19-35)30-40(32-42)49-54-52(6,51(4,5)56-49)48(36-20-12-8-13-21-36)37-22-14-9-15-23-37;/h7-31,34,48H,1-6H3;/q-2;+2/t52-;/m1./s1. The maximum absolute atomic E-state index is 7.02. The Balaban J connectivity index is 0.00000455. The van der Waals surface area contributed by atoms with Crippen LogP contribution < -0.4 is 0 Å². The number of hydrogen-bond donors (Lipinski definition) is 0. The zero-order valence-electron chi connectivity index (χ0n) is 33.2. The maximum Gasteiger partial charge on any atom is 2.00 e.